The number of para-hydroxylation sites is 2. The summed E-state index contributed by atoms with van der Waals surface area (Å²) in [6.45, 7) is 3.77. The van der Waals surface area contributed by atoms with Crippen LogP contribution in [0, 0.1) is 21.4 Å². The molecule has 32 heavy (non-hydrogen) atoms. The van der Waals surface area contributed by atoms with E-state index >= 15 is 0 Å². The van der Waals surface area contributed by atoms with Gasteiger partial charge in [0.25, 0.3) is 5.69 Å². The van der Waals surface area contributed by atoms with Gasteiger partial charge in [0.05, 0.1) is 33.1 Å². The molecule has 2 aromatic carbocycles. The standard InChI is InChI=1S/C24H22N6O2/c1-2-23-27-21-5-3-4-6-22(21)29(23)17-9-11-28(12-10-17)24-13-16(15-25)19-14-18(30(31)32)7-8-20(19)26-24/h3-8,13-14,17H,2,9-12H2,1H3. The van der Waals surface area contributed by atoms with Gasteiger partial charge in [0.1, 0.15) is 11.6 Å². The highest BCUT2D eigenvalue weighted by Gasteiger charge is 2.25. The molecule has 8 nitrogen and oxygen atoms in total. The summed E-state index contributed by atoms with van der Waals surface area (Å²) in [6, 6.07) is 17.1. The van der Waals surface area contributed by atoms with Crippen molar-refractivity contribution in [2.24, 2.45) is 0 Å². The first kappa shape index (κ1) is 19.9. The van der Waals surface area contributed by atoms with Crippen LogP contribution in [0.25, 0.3) is 21.9 Å². The van der Waals surface area contributed by atoms with E-state index in [2.05, 4.69) is 40.7 Å². The van der Waals surface area contributed by atoms with Gasteiger partial charge in [-0.25, -0.2) is 9.97 Å². The van der Waals surface area contributed by atoms with Gasteiger partial charge in [0, 0.05) is 43.1 Å². The van der Waals surface area contributed by atoms with Crippen molar-refractivity contribution in [3.05, 3.63) is 70.0 Å². The zero-order valence-electron chi connectivity index (χ0n) is 17.7. The maximum absolute atomic E-state index is 11.1. The van der Waals surface area contributed by atoms with Crippen LogP contribution in [0.5, 0.6) is 0 Å². The van der Waals surface area contributed by atoms with Gasteiger partial charge in [0.15, 0.2) is 0 Å². The van der Waals surface area contributed by atoms with Crippen LogP contribution >= 0.6 is 0 Å². The van der Waals surface area contributed by atoms with E-state index in [1.165, 1.54) is 17.6 Å². The SMILES string of the molecule is CCc1nc2ccccc2n1C1CCN(c2cc(C#N)c3cc([N+](=O)[O-])ccc3n2)CC1. The van der Waals surface area contributed by atoms with E-state index in [-0.39, 0.29) is 5.69 Å². The number of nitrogens with zero attached hydrogens (tertiary/aromatic N) is 6. The first-order valence-electron chi connectivity index (χ1n) is 10.8. The molecular weight excluding hydrogens is 404 g/mol. The van der Waals surface area contributed by atoms with Crippen LogP contribution in [0.4, 0.5) is 11.5 Å². The van der Waals surface area contributed by atoms with Crippen molar-refractivity contribution in [3.8, 4) is 6.07 Å². The number of imidazole rings is 1. The molecule has 1 saturated heterocycles. The first-order chi connectivity index (χ1) is 15.6. The van der Waals surface area contributed by atoms with Crippen molar-refractivity contribution in [2.45, 2.75) is 32.2 Å². The number of pyridine rings is 1. The van der Waals surface area contributed by atoms with Gasteiger partial charge in [-0.2, -0.15) is 5.26 Å². The Kier molecular flexibility index (Phi) is 4.94. The summed E-state index contributed by atoms with van der Waals surface area (Å²) in [5, 5.41) is 21.3. The third-order valence-electron chi connectivity index (χ3n) is 6.25. The highest BCUT2D eigenvalue weighted by Crippen LogP contribution is 2.32. The number of anilines is 1. The van der Waals surface area contributed by atoms with Crippen molar-refractivity contribution < 1.29 is 4.92 Å². The molecule has 0 N–H and O–H groups in total. The first-order valence-corrected chi connectivity index (χ1v) is 10.8. The minimum Gasteiger partial charge on any atom is -0.356 e. The largest absolute Gasteiger partial charge is 0.356 e. The van der Waals surface area contributed by atoms with E-state index in [1.807, 2.05) is 6.07 Å². The molecule has 0 bridgehead atoms. The maximum atomic E-state index is 11.1. The minimum absolute atomic E-state index is 0.0383. The number of hydrogen-bond acceptors (Lipinski definition) is 6. The second kappa shape index (κ2) is 7.93. The fraction of sp³-hybridized carbons (Fsp3) is 0.292. The number of aromatic nitrogens is 3. The lowest BCUT2D eigenvalue weighted by Crippen LogP contribution is -2.35. The zero-order chi connectivity index (χ0) is 22.2. The lowest BCUT2D eigenvalue weighted by atomic mass is 10.0. The average Bonchev–Trinajstić information content (AvgIpc) is 3.21. The molecule has 0 unspecified atom stereocenters. The monoisotopic (exact) mass is 426 g/mol. The number of aryl methyl sites for hydroxylation is 1. The quantitative estimate of drug-likeness (QED) is 0.344. The topological polar surface area (TPSA) is 101 Å². The Balaban J connectivity index is 1.43. The molecular formula is C24H22N6O2. The predicted octanol–water partition coefficient (Wildman–Crippen LogP) is 4.77. The summed E-state index contributed by atoms with van der Waals surface area (Å²) in [5.41, 5.74) is 3.18. The molecule has 1 aliphatic heterocycles. The van der Waals surface area contributed by atoms with Crippen molar-refractivity contribution in [3.63, 3.8) is 0 Å². The smallest absolute Gasteiger partial charge is 0.270 e. The van der Waals surface area contributed by atoms with Crippen LogP contribution in [0.2, 0.25) is 0 Å². The highest BCUT2D eigenvalue weighted by atomic mass is 16.6. The van der Waals surface area contributed by atoms with Gasteiger partial charge in [0.2, 0.25) is 0 Å². The van der Waals surface area contributed by atoms with E-state index in [0.717, 1.165) is 49.5 Å². The molecule has 0 atom stereocenters. The molecule has 160 valence electrons. The molecule has 8 heteroatoms. The molecule has 0 radical (unpaired) electrons. The molecule has 1 aliphatic rings. The van der Waals surface area contributed by atoms with Crippen LogP contribution in [-0.4, -0.2) is 32.5 Å². The second-order valence-electron chi connectivity index (χ2n) is 8.06. The van der Waals surface area contributed by atoms with E-state index in [0.29, 0.717) is 22.5 Å². The van der Waals surface area contributed by atoms with Crippen LogP contribution in [0.15, 0.2) is 48.5 Å². The van der Waals surface area contributed by atoms with Gasteiger partial charge in [-0.3, -0.25) is 10.1 Å². The van der Waals surface area contributed by atoms with E-state index < -0.39 is 4.92 Å². The summed E-state index contributed by atoms with van der Waals surface area (Å²) in [4.78, 5) is 22.4. The number of benzene rings is 2. The van der Waals surface area contributed by atoms with Crippen molar-refractivity contribution >= 4 is 33.4 Å². The maximum Gasteiger partial charge on any atom is 0.270 e. The highest BCUT2D eigenvalue weighted by molar-refractivity contribution is 5.88. The van der Waals surface area contributed by atoms with Crippen LogP contribution in [0.3, 0.4) is 0 Å². The Labute approximate surface area is 184 Å². The van der Waals surface area contributed by atoms with Gasteiger partial charge in [-0.05, 0) is 37.1 Å². The van der Waals surface area contributed by atoms with Crippen LogP contribution in [0.1, 0.15) is 37.2 Å². The average molecular weight is 426 g/mol. The molecule has 2 aromatic heterocycles. The van der Waals surface area contributed by atoms with Crippen molar-refractivity contribution in [1.29, 1.82) is 5.26 Å². The number of non-ortho nitro benzene ring substituents is 1. The van der Waals surface area contributed by atoms with Gasteiger partial charge >= 0.3 is 0 Å². The van der Waals surface area contributed by atoms with Crippen molar-refractivity contribution in [2.75, 3.05) is 18.0 Å². The summed E-state index contributed by atoms with van der Waals surface area (Å²) in [5.74, 6) is 1.86. The van der Waals surface area contributed by atoms with Gasteiger partial charge in [-0.1, -0.05) is 19.1 Å². The Morgan fingerprint density at radius 2 is 1.91 bits per heavy atom. The van der Waals surface area contributed by atoms with E-state index in [4.69, 9.17) is 9.97 Å². The second-order valence-corrected chi connectivity index (χ2v) is 8.06. The Bertz CT molecular complexity index is 1380. The number of nitro groups is 1. The molecule has 0 amide bonds. The minimum atomic E-state index is -0.455. The lowest BCUT2D eigenvalue weighted by Gasteiger charge is -2.34. The van der Waals surface area contributed by atoms with E-state index in [1.54, 1.807) is 12.1 Å². The third-order valence-corrected chi connectivity index (χ3v) is 6.25. The molecule has 1 fully saturated rings. The van der Waals surface area contributed by atoms with Gasteiger partial charge in [-0.15, -0.1) is 0 Å². The Hall–Kier alpha value is -3.99. The number of fused-ring (bicyclic) bond motifs is 2. The lowest BCUT2D eigenvalue weighted by molar-refractivity contribution is -0.384. The number of piperidine rings is 1. The normalized spacial score (nSPS) is 14.7. The fourth-order valence-electron chi connectivity index (χ4n) is 4.67. The number of nitriles is 1. The van der Waals surface area contributed by atoms with Crippen LogP contribution < -0.4 is 4.90 Å². The molecule has 0 saturated carbocycles. The molecule has 5 rings (SSSR count). The fourth-order valence-corrected chi connectivity index (χ4v) is 4.67. The Morgan fingerprint density at radius 3 is 2.62 bits per heavy atom. The van der Waals surface area contributed by atoms with E-state index in [9.17, 15) is 15.4 Å². The molecule has 4 aromatic rings. The summed E-state index contributed by atoms with van der Waals surface area (Å²) in [6.07, 6.45) is 2.79. The zero-order valence-corrected chi connectivity index (χ0v) is 17.7. The Morgan fingerprint density at radius 1 is 1.12 bits per heavy atom. The molecule has 0 spiro atoms. The number of hydrogen-bond donors (Lipinski definition) is 0. The van der Waals surface area contributed by atoms with Gasteiger partial charge < -0.3 is 9.47 Å². The third kappa shape index (κ3) is 3.32. The van der Waals surface area contributed by atoms with Crippen molar-refractivity contribution in [1.82, 2.24) is 14.5 Å². The molecule has 3 heterocycles. The van der Waals surface area contributed by atoms with Crippen LogP contribution in [-0.2, 0) is 6.42 Å². The number of nitro benzene ring substituents is 1. The summed E-state index contributed by atoms with van der Waals surface area (Å²) in [7, 11) is 0. The predicted molar refractivity (Wildman–Crippen MR) is 123 cm³/mol. The molecule has 0 aliphatic carbocycles. The summed E-state index contributed by atoms with van der Waals surface area (Å²) < 4.78 is 2.39. The summed E-state index contributed by atoms with van der Waals surface area (Å²) >= 11 is 0. The number of rotatable bonds is 4.